The molecule has 0 saturated heterocycles. The van der Waals surface area contributed by atoms with Crippen molar-refractivity contribution in [3.63, 3.8) is 0 Å². The van der Waals surface area contributed by atoms with E-state index in [2.05, 4.69) is 20.9 Å². The third kappa shape index (κ3) is 4.91. The predicted octanol–water partition coefficient (Wildman–Crippen LogP) is 3.86. The molecule has 0 saturated carbocycles. The Morgan fingerprint density at radius 1 is 1.29 bits per heavy atom. The van der Waals surface area contributed by atoms with Crippen LogP contribution < -0.4 is 0 Å². The summed E-state index contributed by atoms with van der Waals surface area (Å²) in [6.45, 7) is 0.0761. The average Bonchev–Trinajstić information content (AvgIpc) is 2.87. The van der Waals surface area contributed by atoms with Gasteiger partial charge >= 0.3 is 5.97 Å². The van der Waals surface area contributed by atoms with Crippen LogP contribution in [0.5, 0.6) is 0 Å². The van der Waals surface area contributed by atoms with E-state index in [0.29, 0.717) is 19.3 Å². The molecule has 1 aromatic carbocycles. The van der Waals surface area contributed by atoms with Gasteiger partial charge in [-0.1, -0.05) is 22.0 Å². The lowest BCUT2D eigenvalue weighted by atomic mass is 10.0. The molecule has 0 spiro atoms. The summed E-state index contributed by atoms with van der Waals surface area (Å²) in [4.78, 5) is 26.0. The van der Waals surface area contributed by atoms with Gasteiger partial charge in [0.1, 0.15) is 0 Å². The number of benzene rings is 1. The molecule has 0 fully saturated rings. The lowest BCUT2D eigenvalue weighted by molar-refractivity contribution is -0.140. The van der Waals surface area contributed by atoms with Gasteiger partial charge in [-0.15, -0.1) is 0 Å². The maximum atomic E-state index is 11.7. The van der Waals surface area contributed by atoms with Crippen molar-refractivity contribution in [2.75, 3.05) is 13.7 Å². The third-order valence-electron chi connectivity index (χ3n) is 4.50. The first-order valence-corrected chi connectivity index (χ1v) is 9.96. The number of nitrogens with zero attached hydrogens (tertiary/aromatic N) is 3. The van der Waals surface area contributed by atoms with Crippen molar-refractivity contribution in [2.45, 2.75) is 31.7 Å². The minimum absolute atomic E-state index is 0.0761. The molecular weight excluding hydrogens is 422 g/mol. The van der Waals surface area contributed by atoms with E-state index in [1.165, 1.54) is 7.11 Å². The number of hydrogen-bond donors (Lipinski definition) is 1. The molecule has 6 nitrogen and oxygen atoms in total. The van der Waals surface area contributed by atoms with Crippen molar-refractivity contribution in [1.29, 1.82) is 0 Å². The van der Waals surface area contributed by atoms with E-state index in [0.717, 1.165) is 32.8 Å². The first kappa shape index (κ1) is 20.4. The van der Waals surface area contributed by atoms with E-state index in [4.69, 9.17) is 14.7 Å². The molecule has 7 heteroatoms. The Balaban J connectivity index is 2.10. The first-order valence-electron chi connectivity index (χ1n) is 9.16. The van der Waals surface area contributed by atoms with Gasteiger partial charge in [-0.2, -0.15) is 0 Å². The third-order valence-corrected chi connectivity index (χ3v) is 4.99. The van der Waals surface area contributed by atoms with Gasteiger partial charge in [0.2, 0.25) is 0 Å². The van der Waals surface area contributed by atoms with Gasteiger partial charge in [0.05, 0.1) is 30.2 Å². The van der Waals surface area contributed by atoms with Gasteiger partial charge in [-0.3, -0.25) is 19.8 Å². The van der Waals surface area contributed by atoms with Crippen molar-refractivity contribution >= 4 is 39.0 Å². The lowest BCUT2D eigenvalue weighted by Gasteiger charge is -2.15. The number of methoxy groups -OCH3 is 1. The first-order chi connectivity index (χ1) is 13.6. The van der Waals surface area contributed by atoms with Gasteiger partial charge in [0.25, 0.3) is 0 Å². The fourth-order valence-electron chi connectivity index (χ4n) is 3.10. The van der Waals surface area contributed by atoms with Gasteiger partial charge in [0, 0.05) is 35.0 Å². The Bertz CT molecular complexity index is 897. The van der Waals surface area contributed by atoms with Crippen LogP contribution in [0.15, 0.2) is 57.1 Å². The highest BCUT2D eigenvalue weighted by molar-refractivity contribution is 9.10. The van der Waals surface area contributed by atoms with E-state index in [9.17, 15) is 9.90 Å². The zero-order chi connectivity index (χ0) is 19.9. The second kappa shape index (κ2) is 9.71. The Morgan fingerprint density at radius 2 is 2.14 bits per heavy atom. The van der Waals surface area contributed by atoms with Crippen molar-refractivity contribution < 1.29 is 14.6 Å². The molecule has 3 rings (SSSR count). The number of carbonyl (C=O) groups excluding carboxylic acids is 1. The van der Waals surface area contributed by atoms with Crippen molar-refractivity contribution in [2.24, 2.45) is 9.98 Å². The van der Waals surface area contributed by atoms with E-state index in [1.807, 2.05) is 36.4 Å². The zero-order valence-corrected chi connectivity index (χ0v) is 17.2. The van der Waals surface area contributed by atoms with Crippen LogP contribution in [0.25, 0.3) is 0 Å². The molecule has 0 aliphatic carbocycles. The Morgan fingerprint density at radius 3 is 2.86 bits per heavy atom. The number of aliphatic imine (C=N–C) groups is 2. The summed E-state index contributed by atoms with van der Waals surface area (Å²) in [5.74, 6) is -0.277. The van der Waals surface area contributed by atoms with Crippen LogP contribution in [0.3, 0.4) is 0 Å². The number of aliphatic hydroxyl groups excluding tert-OH is 1. The summed E-state index contributed by atoms with van der Waals surface area (Å²) in [7, 11) is 1.38. The molecule has 1 N–H and O–H groups in total. The molecule has 0 amide bonds. The largest absolute Gasteiger partial charge is 0.469 e. The van der Waals surface area contributed by atoms with Gasteiger partial charge < -0.3 is 9.84 Å². The van der Waals surface area contributed by atoms with Crippen LogP contribution in [0, 0.1) is 0 Å². The topological polar surface area (TPSA) is 84.1 Å². The molecule has 1 atom stereocenters. The molecule has 0 radical (unpaired) electrons. The average molecular weight is 444 g/mol. The fourth-order valence-corrected chi connectivity index (χ4v) is 3.46. The van der Waals surface area contributed by atoms with E-state index in [-0.39, 0.29) is 25.0 Å². The number of hydrogen-bond acceptors (Lipinski definition) is 6. The summed E-state index contributed by atoms with van der Waals surface area (Å²) in [6, 6.07) is 11.3. The monoisotopic (exact) mass is 443 g/mol. The highest BCUT2D eigenvalue weighted by atomic mass is 79.9. The SMILES string of the molecule is COC(=O)CC[C@@H]1N=C(c2ccccn2)c2cc(Br)ccc2N=C1CCCO. The number of aliphatic hydroxyl groups is 1. The second-order valence-corrected chi connectivity index (χ2v) is 7.33. The standard InChI is InChI=1S/C21H22BrN3O3/c1-28-20(27)10-9-18-17(6-4-12-26)24-16-8-7-14(22)13-15(16)21(25-18)19-5-2-3-11-23-19/h2-3,5,7-8,11,13,18,26H,4,6,9-10,12H2,1H3/t18-/m0/s1. The van der Waals surface area contributed by atoms with Gasteiger partial charge in [-0.25, -0.2) is 0 Å². The van der Waals surface area contributed by atoms with E-state index < -0.39 is 0 Å². The Kier molecular flexibility index (Phi) is 7.06. The molecule has 146 valence electrons. The second-order valence-electron chi connectivity index (χ2n) is 6.42. The van der Waals surface area contributed by atoms with E-state index in [1.54, 1.807) is 6.20 Å². The number of pyridine rings is 1. The summed E-state index contributed by atoms with van der Waals surface area (Å²) in [5, 5.41) is 9.29. The molecule has 28 heavy (non-hydrogen) atoms. The maximum absolute atomic E-state index is 11.7. The quantitative estimate of drug-likeness (QED) is 0.658. The minimum atomic E-state index is -0.283. The van der Waals surface area contributed by atoms with Crippen LogP contribution >= 0.6 is 15.9 Å². The number of ether oxygens (including phenoxy) is 1. The number of aromatic nitrogens is 1. The molecular formula is C21H22BrN3O3. The molecule has 0 unspecified atom stereocenters. The summed E-state index contributed by atoms with van der Waals surface area (Å²) >= 11 is 3.53. The van der Waals surface area contributed by atoms with Gasteiger partial charge in [0.15, 0.2) is 0 Å². The highest BCUT2D eigenvalue weighted by Crippen LogP contribution is 2.31. The van der Waals surface area contributed by atoms with Crippen LogP contribution in [0.1, 0.15) is 36.9 Å². The Labute approximate surface area is 172 Å². The summed E-state index contributed by atoms with van der Waals surface area (Å²) in [6.07, 6.45) is 3.67. The highest BCUT2D eigenvalue weighted by Gasteiger charge is 2.24. The molecule has 2 heterocycles. The Hall–Kier alpha value is -2.38. The number of carbonyl (C=O) groups is 1. The van der Waals surface area contributed by atoms with Crippen molar-refractivity contribution in [1.82, 2.24) is 4.98 Å². The minimum Gasteiger partial charge on any atom is -0.469 e. The predicted molar refractivity (Wildman–Crippen MR) is 112 cm³/mol. The molecule has 0 bridgehead atoms. The number of rotatable bonds is 7. The molecule has 1 aliphatic heterocycles. The van der Waals surface area contributed by atoms with Gasteiger partial charge in [-0.05, 0) is 49.6 Å². The molecule has 1 aliphatic rings. The van der Waals surface area contributed by atoms with Crippen molar-refractivity contribution in [3.05, 3.63) is 58.3 Å². The van der Waals surface area contributed by atoms with E-state index >= 15 is 0 Å². The van der Waals surface area contributed by atoms with Crippen LogP contribution in [0.4, 0.5) is 5.69 Å². The molecule has 1 aromatic heterocycles. The maximum Gasteiger partial charge on any atom is 0.305 e. The zero-order valence-electron chi connectivity index (χ0n) is 15.6. The van der Waals surface area contributed by atoms with Crippen LogP contribution in [-0.2, 0) is 9.53 Å². The lowest BCUT2D eigenvalue weighted by Crippen LogP contribution is -2.22. The number of halogens is 1. The van der Waals surface area contributed by atoms with Crippen LogP contribution in [-0.4, -0.2) is 47.2 Å². The fraction of sp³-hybridized carbons (Fsp3) is 0.333. The normalized spacial score (nSPS) is 15.9. The summed E-state index contributed by atoms with van der Waals surface area (Å²) in [5.41, 5.74) is 4.04. The summed E-state index contributed by atoms with van der Waals surface area (Å²) < 4.78 is 5.72. The molecule has 2 aromatic rings. The smallest absolute Gasteiger partial charge is 0.305 e. The number of fused-ring (bicyclic) bond motifs is 1. The van der Waals surface area contributed by atoms with Crippen molar-refractivity contribution in [3.8, 4) is 0 Å². The van der Waals surface area contributed by atoms with Crippen LogP contribution in [0.2, 0.25) is 0 Å². The number of esters is 1.